The van der Waals surface area contributed by atoms with Gasteiger partial charge in [-0.15, -0.1) is 0 Å². The first-order chi connectivity index (χ1) is 8.62. The highest BCUT2D eigenvalue weighted by molar-refractivity contribution is 8.67. The lowest BCUT2D eigenvalue weighted by Crippen LogP contribution is -2.29. The summed E-state index contributed by atoms with van der Waals surface area (Å²) in [6.45, 7) is 6.21. The highest BCUT2D eigenvalue weighted by Gasteiger charge is 2.39. The Kier molecular flexibility index (Phi) is 5.46. The van der Waals surface area contributed by atoms with Crippen LogP contribution in [-0.4, -0.2) is 27.8 Å². The van der Waals surface area contributed by atoms with Gasteiger partial charge in [-0.3, -0.25) is 0 Å². The van der Waals surface area contributed by atoms with Gasteiger partial charge in [0, 0.05) is 0 Å². The Morgan fingerprint density at radius 2 is 1.58 bits per heavy atom. The molecule has 0 N–H and O–H groups in total. The van der Waals surface area contributed by atoms with Crippen LogP contribution in [-0.2, 0) is 17.7 Å². The molecule has 1 aliphatic carbocycles. The van der Waals surface area contributed by atoms with Gasteiger partial charge in [-0.2, -0.15) is 0 Å². The van der Waals surface area contributed by atoms with Gasteiger partial charge in [0.2, 0.25) is 0 Å². The van der Waals surface area contributed by atoms with Crippen molar-refractivity contribution in [3.05, 3.63) is 0 Å². The van der Waals surface area contributed by atoms with Gasteiger partial charge in [0.25, 0.3) is 17.7 Å². The quantitative estimate of drug-likeness (QED) is 0.678. The van der Waals surface area contributed by atoms with Crippen LogP contribution in [0, 0.1) is 5.41 Å². The van der Waals surface area contributed by atoms with E-state index in [1.807, 2.05) is 0 Å². The summed E-state index contributed by atoms with van der Waals surface area (Å²) in [4.78, 5) is 0. The summed E-state index contributed by atoms with van der Waals surface area (Å²) in [5.74, 6) is -0.227. The van der Waals surface area contributed by atoms with Crippen LogP contribution in [0.5, 0.6) is 0 Å². The minimum atomic E-state index is -4.00. The molecule has 1 saturated carbocycles. The maximum atomic E-state index is 12.1. The molecular formula is C13H26O4S2. The zero-order valence-corrected chi connectivity index (χ0v) is 13.8. The average molecular weight is 310 g/mol. The van der Waals surface area contributed by atoms with Crippen LogP contribution in [0.15, 0.2) is 0 Å². The SMILES string of the molecule is CCC(C)(C)CCCS(=O)(=O)S(=O)(=O)C1CCCC1. The molecule has 0 heterocycles. The smallest absolute Gasteiger partial charge is 0.213 e. The van der Waals surface area contributed by atoms with E-state index in [2.05, 4.69) is 20.8 Å². The third-order valence-corrected chi connectivity index (χ3v) is 10.5. The zero-order valence-electron chi connectivity index (χ0n) is 12.2. The summed E-state index contributed by atoms with van der Waals surface area (Å²) in [5.41, 5.74) is 0.0760. The molecule has 19 heavy (non-hydrogen) atoms. The lowest BCUT2D eigenvalue weighted by molar-refractivity contribution is 0.319. The molecule has 114 valence electrons. The number of rotatable bonds is 7. The first-order valence-electron chi connectivity index (χ1n) is 7.09. The summed E-state index contributed by atoms with van der Waals surface area (Å²) >= 11 is 0. The first kappa shape index (κ1) is 17.0. The van der Waals surface area contributed by atoms with Gasteiger partial charge < -0.3 is 0 Å². The van der Waals surface area contributed by atoms with E-state index in [1.54, 1.807) is 0 Å². The van der Waals surface area contributed by atoms with Crippen molar-refractivity contribution in [3.63, 3.8) is 0 Å². The Labute approximate surface area is 117 Å². The largest absolute Gasteiger partial charge is 0.256 e. The maximum absolute atomic E-state index is 12.1. The lowest BCUT2D eigenvalue weighted by Gasteiger charge is -2.22. The van der Waals surface area contributed by atoms with Crippen molar-refractivity contribution < 1.29 is 16.8 Å². The van der Waals surface area contributed by atoms with Gasteiger partial charge in [-0.25, -0.2) is 16.8 Å². The van der Waals surface area contributed by atoms with Gasteiger partial charge in [-0.05, 0) is 31.1 Å². The van der Waals surface area contributed by atoms with Crippen molar-refractivity contribution >= 4 is 17.7 Å². The molecule has 1 rings (SSSR count). The van der Waals surface area contributed by atoms with E-state index in [0.29, 0.717) is 19.3 Å². The minimum Gasteiger partial charge on any atom is -0.213 e. The molecule has 1 aliphatic rings. The van der Waals surface area contributed by atoms with Crippen molar-refractivity contribution in [1.82, 2.24) is 0 Å². The van der Waals surface area contributed by atoms with E-state index >= 15 is 0 Å². The Bertz CT molecular complexity index is 483. The van der Waals surface area contributed by atoms with E-state index in [9.17, 15) is 16.8 Å². The molecule has 0 aromatic heterocycles. The molecule has 0 amide bonds. The molecular weight excluding hydrogens is 284 g/mol. The Morgan fingerprint density at radius 1 is 1.05 bits per heavy atom. The average Bonchev–Trinajstić information content (AvgIpc) is 2.82. The van der Waals surface area contributed by atoms with E-state index in [1.165, 1.54) is 0 Å². The summed E-state index contributed by atoms with van der Waals surface area (Å²) in [7, 11) is -7.99. The minimum absolute atomic E-state index is 0.0760. The molecule has 6 heteroatoms. The van der Waals surface area contributed by atoms with Gasteiger partial charge in [0.1, 0.15) is 0 Å². The van der Waals surface area contributed by atoms with E-state index < -0.39 is 23.0 Å². The molecule has 0 radical (unpaired) electrons. The Morgan fingerprint density at radius 3 is 2.05 bits per heavy atom. The molecule has 4 nitrogen and oxygen atoms in total. The third kappa shape index (κ3) is 4.18. The monoisotopic (exact) mass is 310 g/mol. The van der Waals surface area contributed by atoms with E-state index in [-0.39, 0.29) is 11.2 Å². The van der Waals surface area contributed by atoms with Crippen molar-refractivity contribution in [1.29, 1.82) is 0 Å². The Hall–Kier alpha value is -0.100. The molecule has 0 aliphatic heterocycles. The molecule has 0 spiro atoms. The number of hydrogen-bond acceptors (Lipinski definition) is 4. The predicted molar refractivity (Wildman–Crippen MR) is 78.3 cm³/mol. The van der Waals surface area contributed by atoms with Gasteiger partial charge in [0.15, 0.2) is 0 Å². The van der Waals surface area contributed by atoms with Crippen molar-refractivity contribution in [2.24, 2.45) is 5.41 Å². The fourth-order valence-electron chi connectivity index (χ4n) is 2.40. The van der Waals surface area contributed by atoms with Gasteiger partial charge in [0.05, 0.1) is 11.0 Å². The van der Waals surface area contributed by atoms with Crippen LogP contribution in [0.1, 0.15) is 65.7 Å². The molecule has 0 atom stereocenters. The standard InChI is InChI=1S/C13H26O4S2/c1-4-13(2,3)10-7-11-18(14,15)19(16,17)12-8-5-6-9-12/h12H,4-11H2,1-3H3. The normalized spacial score (nSPS) is 18.9. The molecule has 0 aromatic carbocycles. The Balaban J connectivity index is 2.66. The van der Waals surface area contributed by atoms with Crippen molar-refractivity contribution in [2.75, 3.05) is 5.75 Å². The number of hydrogen-bond donors (Lipinski definition) is 0. The molecule has 0 unspecified atom stereocenters. The lowest BCUT2D eigenvalue weighted by atomic mass is 9.86. The van der Waals surface area contributed by atoms with Gasteiger partial charge >= 0.3 is 0 Å². The predicted octanol–water partition coefficient (Wildman–Crippen LogP) is 2.89. The van der Waals surface area contributed by atoms with Crippen LogP contribution in [0.4, 0.5) is 0 Å². The molecule has 0 saturated heterocycles. The first-order valence-corrected chi connectivity index (χ1v) is 10.8. The second-order valence-electron chi connectivity index (χ2n) is 6.28. The van der Waals surface area contributed by atoms with Gasteiger partial charge in [-0.1, -0.05) is 40.0 Å². The highest BCUT2D eigenvalue weighted by Crippen LogP contribution is 2.30. The molecule has 1 fully saturated rings. The summed E-state index contributed by atoms with van der Waals surface area (Å²) in [5, 5.41) is -0.656. The summed E-state index contributed by atoms with van der Waals surface area (Å²) < 4.78 is 48.2. The van der Waals surface area contributed by atoms with Crippen LogP contribution in [0.3, 0.4) is 0 Å². The summed E-state index contributed by atoms with van der Waals surface area (Å²) in [6.07, 6.45) is 4.77. The topological polar surface area (TPSA) is 68.3 Å². The van der Waals surface area contributed by atoms with Crippen LogP contribution in [0.2, 0.25) is 0 Å². The summed E-state index contributed by atoms with van der Waals surface area (Å²) in [6, 6.07) is 0. The van der Waals surface area contributed by atoms with Crippen LogP contribution < -0.4 is 0 Å². The zero-order chi connectivity index (χ0) is 14.7. The second-order valence-corrected chi connectivity index (χ2v) is 12.4. The fourth-order valence-corrected chi connectivity index (χ4v) is 7.33. The van der Waals surface area contributed by atoms with E-state index in [0.717, 1.165) is 25.7 Å². The van der Waals surface area contributed by atoms with Crippen LogP contribution >= 0.6 is 0 Å². The van der Waals surface area contributed by atoms with Crippen molar-refractivity contribution in [2.45, 2.75) is 71.0 Å². The highest BCUT2D eigenvalue weighted by atomic mass is 33.2. The molecule has 0 aromatic rings. The molecule has 0 bridgehead atoms. The van der Waals surface area contributed by atoms with Crippen LogP contribution in [0.25, 0.3) is 0 Å². The van der Waals surface area contributed by atoms with E-state index in [4.69, 9.17) is 0 Å². The second kappa shape index (κ2) is 6.12. The maximum Gasteiger partial charge on any atom is 0.256 e. The third-order valence-electron chi connectivity index (χ3n) is 4.27. The van der Waals surface area contributed by atoms with Crippen molar-refractivity contribution in [3.8, 4) is 0 Å². The fraction of sp³-hybridized carbons (Fsp3) is 1.00.